The zero-order valence-electron chi connectivity index (χ0n) is 23.6. The topological polar surface area (TPSA) is 26.3 Å². The Morgan fingerprint density at radius 2 is 1.50 bits per heavy atom. The van der Waals surface area contributed by atoms with Gasteiger partial charge in [0.05, 0.1) is 0 Å². The molecule has 0 aromatic heterocycles. The number of carbonyl (C=O) groups excluding carboxylic acids is 1. The van der Waals surface area contributed by atoms with E-state index in [1.807, 2.05) is 0 Å². The fraction of sp³-hybridized carbons (Fsp3) is 0.969. The predicted octanol–water partition coefficient (Wildman–Crippen LogP) is 8.43. The van der Waals surface area contributed by atoms with Crippen molar-refractivity contribution in [2.75, 3.05) is 0 Å². The molecular weight excluding hydrogens is 416 g/mol. The first-order valence-corrected chi connectivity index (χ1v) is 14.9. The van der Waals surface area contributed by atoms with E-state index >= 15 is 0 Å². The molecule has 6 aliphatic carbocycles. The lowest BCUT2D eigenvalue weighted by Gasteiger charge is -2.70. The van der Waals surface area contributed by atoms with E-state index in [-0.39, 0.29) is 17.5 Å². The quantitative estimate of drug-likeness (QED) is 0.361. The van der Waals surface area contributed by atoms with E-state index in [1.165, 1.54) is 57.8 Å². The summed E-state index contributed by atoms with van der Waals surface area (Å²) in [5.41, 5.74) is 2.83. The lowest BCUT2D eigenvalue weighted by molar-refractivity contribution is -0.228. The van der Waals surface area contributed by atoms with E-state index in [9.17, 15) is 4.79 Å². The monoisotopic (exact) mass is 468 g/mol. The summed E-state index contributed by atoms with van der Waals surface area (Å²) in [6.07, 6.45) is 15.6. The van der Waals surface area contributed by atoms with Crippen LogP contribution in [0.3, 0.4) is 0 Å². The highest BCUT2D eigenvalue weighted by Crippen LogP contribution is 2.91. The van der Waals surface area contributed by atoms with Gasteiger partial charge in [-0.3, -0.25) is 4.79 Å². The summed E-state index contributed by atoms with van der Waals surface area (Å²) in [4.78, 5) is 11.9. The Kier molecular flexibility index (Phi) is 4.81. The van der Waals surface area contributed by atoms with Crippen LogP contribution in [-0.4, -0.2) is 12.1 Å². The number of hydrogen-bond acceptors (Lipinski definition) is 2. The number of esters is 1. The van der Waals surface area contributed by atoms with E-state index in [0.29, 0.717) is 33.0 Å². The van der Waals surface area contributed by atoms with E-state index in [4.69, 9.17) is 4.74 Å². The Bertz CT molecular complexity index is 891. The van der Waals surface area contributed by atoms with Gasteiger partial charge in [0, 0.05) is 12.3 Å². The first-order chi connectivity index (χ1) is 15.8. The average molecular weight is 469 g/mol. The van der Waals surface area contributed by atoms with Gasteiger partial charge in [0.15, 0.2) is 0 Å². The van der Waals surface area contributed by atoms with Crippen molar-refractivity contribution in [2.45, 2.75) is 132 Å². The van der Waals surface area contributed by atoms with Gasteiger partial charge in [-0.25, -0.2) is 0 Å². The van der Waals surface area contributed by atoms with Gasteiger partial charge in [-0.05, 0) is 127 Å². The smallest absolute Gasteiger partial charge is 0.302 e. The Labute approximate surface area is 209 Å². The summed E-state index contributed by atoms with van der Waals surface area (Å²) >= 11 is 0. The molecule has 0 bridgehead atoms. The number of rotatable bonds is 1. The third kappa shape index (κ3) is 2.58. The van der Waals surface area contributed by atoms with Crippen LogP contribution in [0.1, 0.15) is 126 Å². The third-order valence-corrected chi connectivity index (χ3v) is 14.8. The van der Waals surface area contributed by atoms with Crippen LogP contribution in [-0.2, 0) is 9.53 Å². The van der Waals surface area contributed by atoms with Gasteiger partial charge in [0.25, 0.3) is 0 Å². The number of fused-ring (bicyclic) bond motifs is 4. The van der Waals surface area contributed by atoms with Gasteiger partial charge in [-0.2, -0.15) is 0 Å². The van der Waals surface area contributed by atoms with E-state index in [2.05, 4.69) is 48.5 Å². The van der Waals surface area contributed by atoms with E-state index in [0.717, 1.165) is 30.1 Å². The summed E-state index contributed by atoms with van der Waals surface area (Å²) in [5.74, 6) is 4.17. The molecule has 0 unspecified atom stereocenters. The second-order valence-corrected chi connectivity index (χ2v) is 16.0. The highest BCUT2D eigenvalue weighted by atomic mass is 16.5. The van der Waals surface area contributed by atoms with Crippen molar-refractivity contribution in [3.63, 3.8) is 0 Å². The second-order valence-electron chi connectivity index (χ2n) is 16.0. The molecule has 0 heterocycles. The molecule has 6 aliphatic rings. The fourth-order valence-corrected chi connectivity index (χ4v) is 13.2. The average Bonchev–Trinajstić information content (AvgIpc) is 3.44. The molecule has 0 aliphatic heterocycles. The van der Waals surface area contributed by atoms with Gasteiger partial charge in [-0.15, -0.1) is 0 Å². The van der Waals surface area contributed by atoms with Crippen LogP contribution in [0.5, 0.6) is 0 Å². The zero-order valence-corrected chi connectivity index (χ0v) is 23.6. The Morgan fingerprint density at radius 1 is 0.794 bits per heavy atom. The zero-order chi connectivity index (χ0) is 24.5. The first-order valence-electron chi connectivity index (χ1n) is 14.9. The van der Waals surface area contributed by atoms with Gasteiger partial charge in [0.2, 0.25) is 0 Å². The molecule has 192 valence electrons. The molecule has 6 rings (SSSR count). The van der Waals surface area contributed by atoms with Crippen LogP contribution in [0.15, 0.2) is 0 Å². The highest BCUT2D eigenvalue weighted by molar-refractivity contribution is 5.66. The summed E-state index contributed by atoms with van der Waals surface area (Å²) in [6.45, 7) is 19.8. The predicted molar refractivity (Wildman–Crippen MR) is 138 cm³/mol. The first kappa shape index (κ1) is 23.8. The minimum Gasteiger partial charge on any atom is -0.462 e. The summed E-state index contributed by atoms with van der Waals surface area (Å²) in [7, 11) is 0. The molecule has 2 nitrogen and oxygen atoms in total. The minimum atomic E-state index is -0.0947. The van der Waals surface area contributed by atoms with Gasteiger partial charge >= 0.3 is 5.97 Å². The summed E-state index contributed by atoms with van der Waals surface area (Å²) in [5, 5.41) is 0. The maximum Gasteiger partial charge on any atom is 0.302 e. The van der Waals surface area contributed by atoms with Crippen molar-refractivity contribution in [2.24, 2.45) is 62.1 Å². The Morgan fingerprint density at radius 3 is 2.21 bits per heavy atom. The highest BCUT2D eigenvalue weighted by Gasteiger charge is 2.84. The normalized spacial score (nSPS) is 59.4. The largest absolute Gasteiger partial charge is 0.462 e. The van der Waals surface area contributed by atoms with Crippen molar-refractivity contribution >= 4 is 5.97 Å². The van der Waals surface area contributed by atoms with Crippen LogP contribution in [0.25, 0.3) is 0 Å². The molecule has 6 saturated carbocycles. The standard InChI is InChI=1S/C32H52O2/c1-20-9-13-28(6)17-18-32-19-31(32,26(28)21(20)2)16-11-24-29(7)14-12-25(34-22(3)33)27(4,5)23(29)10-15-30(24,32)8/h20-21,23-26H,9-19H2,1-8H3/t20-,21+,23+,24-,25+,26-,28-,29+,30-,31+,32-/m1/s1. The molecule has 0 amide bonds. The van der Waals surface area contributed by atoms with Crippen molar-refractivity contribution in [1.29, 1.82) is 0 Å². The van der Waals surface area contributed by atoms with E-state index < -0.39 is 0 Å². The van der Waals surface area contributed by atoms with Crippen LogP contribution in [0.4, 0.5) is 0 Å². The molecule has 0 spiro atoms. The molecule has 0 N–H and O–H groups in total. The third-order valence-electron chi connectivity index (χ3n) is 14.8. The number of carbonyl (C=O) groups is 1. The maximum atomic E-state index is 11.9. The van der Waals surface area contributed by atoms with Crippen LogP contribution >= 0.6 is 0 Å². The van der Waals surface area contributed by atoms with Crippen LogP contribution in [0, 0.1) is 62.1 Å². The fourth-order valence-electron chi connectivity index (χ4n) is 13.2. The Balaban J connectivity index is 1.36. The van der Waals surface area contributed by atoms with Crippen LogP contribution < -0.4 is 0 Å². The summed E-state index contributed by atoms with van der Waals surface area (Å²) in [6, 6.07) is 0. The molecule has 0 radical (unpaired) electrons. The molecule has 34 heavy (non-hydrogen) atoms. The van der Waals surface area contributed by atoms with Crippen molar-refractivity contribution in [3.8, 4) is 0 Å². The minimum absolute atomic E-state index is 0.0776. The Hall–Kier alpha value is -0.530. The van der Waals surface area contributed by atoms with Crippen molar-refractivity contribution in [1.82, 2.24) is 0 Å². The van der Waals surface area contributed by atoms with Crippen molar-refractivity contribution in [3.05, 3.63) is 0 Å². The molecule has 11 atom stereocenters. The second kappa shape index (κ2) is 6.86. The number of hydrogen-bond donors (Lipinski definition) is 0. The number of ether oxygens (including phenoxy) is 1. The van der Waals surface area contributed by atoms with Gasteiger partial charge < -0.3 is 4.74 Å². The lowest BCUT2D eigenvalue weighted by atomic mass is 9.35. The van der Waals surface area contributed by atoms with Crippen molar-refractivity contribution < 1.29 is 9.53 Å². The van der Waals surface area contributed by atoms with Crippen LogP contribution in [0.2, 0.25) is 0 Å². The van der Waals surface area contributed by atoms with E-state index in [1.54, 1.807) is 13.3 Å². The lowest BCUT2D eigenvalue weighted by Crippen LogP contribution is -2.64. The van der Waals surface area contributed by atoms with Gasteiger partial charge in [0.1, 0.15) is 6.10 Å². The summed E-state index contributed by atoms with van der Waals surface area (Å²) < 4.78 is 5.93. The molecule has 0 saturated heterocycles. The molecule has 0 aromatic carbocycles. The molecule has 6 fully saturated rings. The molecule has 0 aromatic rings. The molecule has 2 heteroatoms. The molecular formula is C32H52O2. The SMILES string of the molecule is CC(=O)O[C@H]1CC[C@]2(C)[C@H]3CC[C@@]45C[C@]4(CC[C@@]4(C)CC[C@@H](C)[C@H](C)[C@H]45)[C@]3(C)CC[C@H]2C1(C)C. The maximum absolute atomic E-state index is 11.9. The van der Waals surface area contributed by atoms with Gasteiger partial charge in [-0.1, -0.05) is 48.5 Å².